The van der Waals surface area contributed by atoms with Gasteiger partial charge in [-0.1, -0.05) is 13.8 Å². The predicted molar refractivity (Wildman–Crippen MR) is 66.7 cm³/mol. The van der Waals surface area contributed by atoms with Crippen molar-refractivity contribution in [3.8, 4) is 5.75 Å². The first-order chi connectivity index (χ1) is 7.84. The maximum Gasteiger partial charge on any atom is 0.137 e. The van der Waals surface area contributed by atoms with Crippen LogP contribution in [-0.2, 0) is 0 Å². The van der Waals surface area contributed by atoms with Crippen molar-refractivity contribution in [3.63, 3.8) is 0 Å². The number of nitrogens with zero attached hydrogens (tertiary/aromatic N) is 2. The molecule has 0 amide bonds. The Morgan fingerprint density at radius 3 is 2.56 bits per heavy atom. The number of pyridine rings is 1. The van der Waals surface area contributed by atoms with E-state index in [0.29, 0.717) is 6.10 Å². The van der Waals surface area contributed by atoms with Gasteiger partial charge < -0.3 is 9.64 Å². The minimum atomic E-state index is 0.371. The van der Waals surface area contributed by atoms with Crippen LogP contribution in [0.25, 0.3) is 0 Å². The van der Waals surface area contributed by atoms with Crippen LogP contribution in [0.15, 0.2) is 24.5 Å². The molecule has 0 radical (unpaired) electrons. The Kier molecular flexibility index (Phi) is 5.86. The maximum atomic E-state index is 5.81. The van der Waals surface area contributed by atoms with E-state index < -0.39 is 0 Å². The predicted octanol–water partition coefficient (Wildman–Crippen LogP) is 2.58. The van der Waals surface area contributed by atoms with Crippen molar-refractivity contribution in [1.29, 1.82) is 0 Å². The molecule has 0 unspecified atom stereocenters. The SMILES string of the molecule is CC.CN1CCC(Oc2cccnc2)CC1. The highest BCUT2D eigenvalue weighted by Crippen LogP contribution is 2.16. The molecule has 0 aliphatic carbocycles. The van der Waals surface area contributed by atoms with E-state index in [4.69, 9.17) is 4.74 Å². The van der Waals surface area contributed by atoms with Crippen LogP contribution >= 0.6 is 0 Å². The van der Waals surface area contributed by atoms with Crippen molar-refractivity contribution in [3.05, 3.63) is 24.5 Å². The second-order valence-electron chi connectivity index (χ2n) is 3.81. The molecule has 0 atom stereocenters. The Morgan fingerprint density at radius 1 is 1.31 bits per heavy atom. The van der Waals surface area contributed by atoms with Gasteiger partial charge in [0.2, 0.25) is 0 Å². The molecule has 0 aromatic carbocycles. The molecule has 1 saturated heterocycles. The summed E-state index contributed by atoms with van der Waals surface area (Å²) in [7, 11) is 2.15. The fourth-order valence-corrected chi connectivity index (χ4v) is 1.71. The summed E-state index contributed by atoms with van der Waals surface area (Å²) in [6.45, 7) is 6.26. The minimum Gasteiger partial charge on any atom is -0.489 e. The lowest BCUT2D eigenvalue weighted by molar-refractivity contribution is 0.114. The third kappa shape index (κ3) is 4.19. The van der Waals surface area contributed by atoms with Gasteiger partial charge in [-0.3, -0.25) is 4.98 Å². The molecule has 16 heavy (non-hydrogen) atoms. The Balaban J connectivity index is 0.000000606. The zero-order valence-corrected chi connectivity index (χ0v) is 10.5. The van der Waals surface area contributed by atoms with E-state index in [0.717, 1.165) is 31.7 Å². The number of piperidine rings is 1. The number of likely N-dealkylation sites (tertiary alicyclic amines) is 1. The monoisotopic (exact) mass is 222 g/mol. The zero-order valence-electron chi connectivity index (χ0n) is 10.5. The standard InChI is InChI=1S/C11H16N2O.C2H6/c1-13-7-4-10(5-8-13)14-11-3-2-6-12-9-11;1-2/h2-3,6,9-10H,4-5,7-8H2,1H3;1-2H3. The van der Waals surface area contributed by atoms with Gasteiger partial charge in [0, 0.05) is 19.3 Å². The first kappa shape index (κ1) is 13.0. The normalized spacial score (nSPS) is 17.4. The molecule has 3 nitrogen and oxygen atoms in total. The summed E-state index contributed by atoms with van der Waals surface area (Å²) in [5.41, 5.74) is 0. The van der Waals surface area contributed by atoms with E-state index in [1.54, 1.807) is 12.4 Å². The van der Waals surface area contributed by atoms with Gasteiger partial charge in [-0.05, 0) is 32.0 Å². The lowest BCUT2D eigenvalue weighted by Crippen LogP contribution is -2.35. The van der Waals surface area contributed by atoms with Crippen molar-refractivity contribution in [1.82, 2.24) is 9.88 Å². The van der Waals surface area contributed by atoms with Crippen molar-refractivity contribution < 1.29 is 4.74 Å². The maximum absolute atomic E-state index is 5.81. The van der Waals surface area contributed by atoms with Crippen LogP contribution < -0.4 is 4.74 Å². The molecule has 1 aliphatic rings. The summed E-state index contributed by atoms with van der Waals surface area (Å²) >= 11 is 0. The van der Waals surface area contributed by atoms with Gasteiger partial charge in [-0.2, -0.15) is 0 Å². The molecule has 1 aliphatic heterocycles. The number of hydrogen-bond acceptors (Lipinski definition) is 3. The Labute approximate surface area is 98.4 Å². The van der Waals surface area contributed by atoms with Crippen LogP contribution in [-0.4, -0.2) is 36.1 Å². The van der Waals surface area contributed by atoms with E-state index in [9.17, 15) is 0 Å². The molecule has 0 bridgehead atoms. The summed E-state index contributed by atoms with van der Waals surface area (Å²) < 4.78 is 5.81. The topological polar surface area (TPSA) is 25.4 Å². The van der Waals surface area contributed by atoms with Crippen molar-refractivity contribution in [2.24, 2.45) is 0 Å². The average Bonchev–Trinajstić information content (AvgIpc) is 2.36. The number of ether oxygens (including phenoxy) is 1. The largest absolute Gasteiger partial charge is 0.489 e. The van der Waals surface area contributed by atoms with Crippen molar-refractivity contribution in [2.75, 3.05) is 20.1 Å². The van der Waals surface area contributed by atoms with E-state index >= 15 is 0 Å². The molecule has 1 aromatic heterocycles. The second-order valence-corrected chi connectivity index (χ2v) is 3.81. The minimum absolute atomic E-state index is 0.371. The van der Waals surface area contributed by atoms with Crippen LogP contribution in [0.3, 0.4) is 0 Å². The summed E-state index contributed by atoms with van der Waals surface area (Å²) in [6.07, 6.45) is 6.15. The van der Waals surface area contributed by atoms with Gasteiger partial charge >= 0.3 is 0 Å². The van der Waals surface area contributed by atoms with E-state index in [1.807, 2.05) is 26.0 Å². The van der Waals surface area contributed by atoms with Gasteiger partial charge in [-0.25, -0.2) is 0 Å². The van der Waals surface area contributed by atoms with E-state index in [-0.39, 0.29) is 0 Å². The summed E-state index contributed by atoms with van der Waals surface area (Å²) in [5.74, 6) is 0.891. The molecule has 0 saturated carbocycles. The molecule has 90 valence electrons. The lowest BCUT2D eigenvalue weighted by atomic mass is 10.1. The van der Waals surface area contributed by atoms with Crippen molar-refractivity contribution >= 4 is 0 Å². The van der Waals surface area contributed by atoms with E-state index in [2.05, 4.69) is 16.9 Å². The van der Waals surface area contributed by atoms with Gasteiger partial charge in [0.1, 0.15) is 11.9 Å². The third-order valence-corrected chi connectivity index (χ3v) is 2.60. The van der Waals surface area contributed by atoms with Gasteiger partial charge in [0.15, 0.2) is 0 Å². The van der Waals surface area contributed by atoms with Gasteiger partial charge in [0.05, 0.1) is 6.20 Å². The molecule has 1 aromatic rings. The van der Waals surface area contributed by atoms with Crippen LogP contribution in [0.5, 0.6) is 5.75 Å². The number of aromatic nitrogens is 1. The molecule has 0 spiro atoms. The zero-order chi connectivity index (χ0) is 11.8. The summed E-state index contributed by atoms with van der Waals surface area (Å²) in [4.78, 5) is 6.37. The summed E-state index contributed by atoms with van der Waals surface area (Å²) in [5, 5.41) is 0. The summed E-state index contributed by atoms with van der Waals surface area (Å²) in [6, 6.07) is 3.87. The molecule has 0 N–H and O–H groups in total. The Hall–Kier alpha value is -1.09. The molecule has 1 fully saturated rings. The quantitative estimate of drug-likeness (QED) is 0.769. The molecule has 2 rings (SSSR count). The number of hydrogen-bond donors (Lipinski definition) is 0. The van der Waals surface area contributed by atoms with Crippen LogP contribution in [0.2, 0.25) is 0 Å². The Bertz CT molecular complexity index is 269. The first-order valence-corrected chi connectivity index (χ1v) is 6.10. The first-order valence-electron chi connectivity index (χ1n) is 6.10. The lowest BCUT2D eigenvalue weighted by Gasteiger charge is -2.29. The number of rotatable bonds is 2. The molecular formula is C13H22N2O. The van der Waals surface area contributed by atoms with Gasteiger partial charge in [-0.15, -0.1) is 0 Å². The fraction of sp³-hybridized carbons (Fsp3) is 0.615. The van der Waals surface area contributed by atoms with Crippen LogP contribution in [0.4, 0.5) is 0 Å². The van der Waals surface area contributed by atoms with Crippen LogP contribution in [0.1, 0.15) is 26.7 Å². The van der Waals surface area contributed by atoms with Gasteiger partial charge in [0.25, 0.3) is 0 Å². The molecular weight excluding hydrogens is 200 g/mol. The highest BCUT2D eigenvalue weighted by Gasteiger charge is 2.17. The second kappa shape index (κ2) is 7.23. The smallest absolute Gasteiger partial charge is 0.137 e. The molecule has 3 heteroatoms. The fourth-order valence-electron chi connectivity index (χ4n) is 1.71. The third-order valence-electron chi connectivity index (χ3n) is 2.60. The van der Waals surface area contributed by atoms with E-state index in [1.165, 1.54) is 0 Å². The highest BCUT2D eigenvalue weighted by molar-refractivity contribution is 5.15. The molecule has 2 heterocycles. The Morgan fingerprint density at radius 2 is 2.00 bits per heavy atom. The average molecular weight is 222 g/mol. The van der Waals surface area contributed by atoms with Crippen LogP contribution in [0, 0.1) is 0 Å². The highest BCUT2D eigenvalue weighted by atomic mass is 16.5. The van der Waals surface area contributed by atoms with Crippen molar-refractivity contribution in [2.45, 2.75) is 32.8 Å².